The van der Waals surface area contributed by atoms with Crippen LogP contribution in [0.25, 0.3) is 0 Å². The van der Waals surface area contributed by atoms with Gasteiger partial charge in [0.25, 0.3) is 0 Å². The summed E-state index contributed by atoms with van der Waals surface area (Å²) < 4.78 is 5.31. The van der Waals surface area contributed by atoms with E-state index in [-0.39, 0.29) is 5.91 Å². The van der Waals surface area contributed by atoms with Crippen LogP contribution in [-0.2, 0) is 9.53 Å². The summed E-state index contributed by atoms with van der Waals surface area (Å²) in [5.41, 5.74) is 0. The molecule has 0 aromatic carbocycles. The van der Waals surface area contributed by atoms with E-state index in [1.54, 1.807) is 0 Å². The van der Waals surface area contributed by atoms with Crippen LogP contribution >= 0.6 is 0 Å². The van der Waals surface area contributed by atoms with E-state index in [0.717, 1.165) is 72.0 Å². The van der Waals surface area contributed by atoms with Crippen LogP contribution in [0.5, 0.6) is 0 Å². The Morgan fingerprint density at radius 3 is 2.65 bits per heavy atom. The van der Waals surface area contributed by atoms with Gasteiger partial charge in [-0.15, -0.1) is 0 Å². The van der Waals surface area contributed by atoms with E-state index < -0.39 is 0 Å². The first-order valence-electron chi connectivity index (χ1n) is 7.72. The van der Waals surface area contributed by atoms with Crippen molar-refractivity contribution in [1.82, 2.24) is 20.0 Å². The van der Waals surface area contributed by atoms with Gasteiger partial charge in [-0.1, -0.05) is 0 Å². The van der Waals surface area contributed by atoms with Crippen LogP contribution < -0.4 is 5.32 Å². The lowest BCUT2D eigenvalue weighted by Crippen LogP contribution is -2.44. The van der Waals surface area contributed by atoms with Gasteiger partial charge in [-0.2, -0.15) is 0 Å². The van der Waals surface area contributed by atoms with E-state index >= 15 is 0 Å². The zero-order valence-corrected chi connectivity index (χ0v) is 12.6. The number of likely N-dealkylation sites (N-methyl/N-ethyl adjacent to an activating group) is 1. The Labute approximate surface area is 122 Å². The Morgan fingerprint density at radius 2 is 1.85 bits per heavy atom. The first kappa shape index (κ1) is 15.7. The van der Waals surface area contributed by atoms with Crippen molar-refractivity contribution < 1.29 is 9.53 Å². The minimum absolute atomic E-state index is 0.155. The van der Waals surface area contributed by atoms with Crippen molar-refractivity contribution in [3.05, 3.63) is 0 Å². The lowest BCUT2D eigenvalue weighted by Gasteiger charge is -2.26. The first-order chi connectivity index (χ1) is 9.74. The molecule has 116 valence electrons. The predicted molar refractivity (Wildman–Crippen MR) is 78.8 cm³/mol. The molecular weight excluding hydrogens is 256 g/mol. The Balaban J connectivity index is 1.57. The van der Waals surface area contributed by atoms with Gasteiger partial charge in [0.1, 0.15) is 0 Å². The van der Waals surface area contributed by atoms with E-state index in [4.69, 9.17) is 4.74 Å². The maximum absolute atomic E-state index is 11.9. The van der Waals surface area contributed by atoms with Crippen molar-refractivity contribution in [3.63, 3.8) is 0 Å². The standard InChI is InChI=1S/C14H28N4O2/c1-16-4-2-5-18(8-7-16)13-14(19)15-3-6-17-9-11-20-12-10-17/h2-13H2,1H3,(H,15,19). The van der Waals surface area contributed by atoms with Gasteiger partial charge in [0.05, 0.1) is 19.8 Å². The molecule has 2 rings (SSSR count). The van der Waals surface area contributed by atoms with Gasteiger partial charge in [-0.05, 0) is 26.6 Å². The largest absolute Gasteiger partial charge is 0.379 e. The van der Waals surface area contributed by atoms with Gasteiger partial charge >= 0.3 is 0 Å². The van der Waals surface area contributed by atoms with Gasteiger partial charge in [-0.25, -0.2) is 0 Å². The zero-order chi connectivity index (χ0) is 14.2. The second-order valence-corrected chi connectivity index (χ2v) is 5.74. The molecule has 0 spiro atoms. The number of morpholine rings is 1. The molecule has 2 aliphatic heterocycles. The predicted octanol–water partition coefficient (Wildman–Crippen LogP) is -0.928. The van der Waals surface area contributed by atoms with Crippen molar-refractivity contribution >= 4 is 5.91 Å². The number of hydrogen-bond donors (Lipinski definition) is 1. The van der Waals surface area contributed by atoms with Crippen LogP contribution in [0.3, 0.4) is 0 Å². The lowest BCUT2D eigenvalue weighted by atomic mass is 10.3. The fourth-order valence-corrected chi connectivity index (χ4v) is 2.70. The summed E-state index contributed by atoms with van der Waals surface area (Å²) in [4.78, 5) is 18.9. The van der Waals surface area contributed by atoms with E-state index in [2.05, 4.69) is 27.1 Å². The third-order valence-electron chi connectivity index (χ3n) is 4.03. The normalized spacial score (nSPS) is 23.4. The SMILES string of the molecule is CN1CCCN(CC(=O)NCCN2CCOCC2)CC1. The van der Waals surface area contributed by atoms with Crippen LogP contribution in [0.2, 0.25) is 0 Å². The average Bonchev–Trinajstić information content (AvgIpc) is 2.65. The molecule has 2 heterocycles. The molecule has 1 amide bonds. The van der Waals surface area contributed by atoms with Crippen molar-refractivity contribution in [2.24, 2.45) is 0 Å². The summed E-state index contributed by atoms with van der Waals surface area (Å²) in [6.07, 6.45) is 1.15. The number of hydrogen-bond acceptors (Lipinski definition) is 5. The number of nitrogens with zero attached hydrogens (tertiary/aromatic N) is 3. The third-order valence-corrected chi connectivity index (χ3v) is 4.03. The molecule has 0 unspecified atom stereocenters. The number of nitrogens with one attached hydrogen (secondary N) is 1. The zero-order valence-electron chi connectivity index (χ0n) is 12.6. The topological polar surface area (TPSA) is 48.0 Å². The summed E-state index contributed by atoms with van der Waals surface area (Å²) >= 11 is 0. The highest BCUT2D eigenvalue weighted by atomic mass is 16.5. The molecule has 6 heteroatoms. The number of ether oxygens (including phenoxy) is 1. The van der Waals surface area contributed by atoms with Gasteiger partial charge in [-0.3, -0.25) is 14.6 Å². The molecule has 0 saturated carbocycles. The molecule has 20 heavy (non-hydrogen) atoms. The lowest BCUT2D eigenvalue weighted by molar-refractivity contribution is -0.122. The molecule has 0 aromatic heterocycles. The number of rotatable bonds is 5. The molecule has 6 nitrogen and oxygen atoms in total. The van der Waals surface area contributed by atoms with Crippen molar-refractivity contribution in [2.75, 3.05) is 79.2 Å². The summed E-state index contributed by atoms with van der Waals surface area (Å²) in [5.74, 6) is 0.155. The molecule has 0 aliphatic carbocycles. The smallest absolute Gasteiger partial charge is 0.234 e. The van der Waals surface area contributed by atoms with Gasteiger partial charge in [0, 0.05) is 39.3 Å². The maximum atomic E-state index is 11.9. The average molecular weight is 284 g/mol. The molecule has 2 saturated heterocycles. The molecule has 2 aliphatic rings. The van der Waals surface area contributed by atoms with E-state index in [9.17, 15) is 4.79 Å². The van der Waals surface area contributed by atoms with Gasteiger partial charge in [0.15, 0.2) is 0 Å². The highest BCUT2D eigenvalue weighted by Gasteiger charge is 2.15. The molecule has 0 aromatic rings. The van der Waals surface area contributed by atoms with Crippen LogP contribution in [0.15, 0.2) is 0 Å². The quantitative estimate of drug-likeness (QED) is 0.707. The van der Waals surface area contributed by atoms with Crippen LogP contribution in [0.1, 0.15) is 6.42 Å². The maximum Gasteiger partial charge on any atom is 0.234 e. The number of carbonyl (C=O) groups excluding carboxylic acids is 1. The highest BCUT2D eigenvalue weighted by molar-refractivity contribution is 5.77. The highest BCUT2D eigenvalue weighted by Crippen LogP contribution is 2.00. The fourth-order valence-electron chi connectivity index (χ4n) is 2.70. The van der Waals surface area contributed by atoms with E-state index in [0.29, 0.717) is 6.54 Å². The summed E-state index contributed by atoms with van der Waals surface area (Å²) in [6, 6.07) is 0. The molecule has 1 N–H and O–H groups in total. The van der Waals surface area contributed by atoms with Gasteiger partial charge in [0.2, 0.25) is 5.91 Å². The fraction of sp³-hybridized carbons (Fsp3) is 0.929. The second-order valence-electron chi connectivity index (χ2n) is 5.74. The number of carbonyl (C=O) groups is 1. The van der Waals surface area contributed by atoms with Crippen LogP contribution in [-0.4, -0.2) is 99.8 Å². The molecule has 0 bridgehead atoms. The second kappa shape index (κ2) is 8.56. The van der Waals surface area contributed by atoms with Gasteiger partial charge < -0.3 is 15.0 Å². The Bertz CT molecular complexity index is 295. The summed E-state index contributed by atoms with van der Waals surface area (Å²) in [5, 5.41) is 3.03. The van der Waals surface area contributed by atoms with Crippen molar-refractivity contribution in [2.45, 2.75) is 6.42 Å². The monoisotopic (exact) mass is 284 g/mol. The Hall–Kier alpha value is -0.690. The third kappa shape index (κ3) is 5.75. The van der Waals surface area contributed by atoms with E-state index in [1.165, 1.54) is 0 Å². The number of amides is 1. The van der Waals surface area contributed by atoms with Crippen molar-refractivity contribution in [3.8, 4) is 0 Å². The van der Waals surface area contributed by atoms with Crippen molar-refractivity contribution in [1.29, 1.82) is 0 Å². The van der Waals surface area contributed by atoms with Crippen LogP contribution in [0.4, 0.5) is 0 Å². The minimum Gasteiger partial charge on any atom is -0.379 e. The molecule has 0 radical (unpaired) electrons. The molecule has 2 fully saturated rings. The summed E-state index contributed by atoms with van der Waals surface area (Å²) in [7, 11) is 2.14. The Kier molecular flexibility index (Phi) is 6.72. The van der Waals surface area contributed by atoms with Crippen LogP contribution in [0, 0.1) is 0 Å². The molecular formula is C14H28N4O2. The first-order valence-corrected chi connectivity index (χ1v) is 7.72. The summed E-state index contributed by atoms with van der Waals surface area (Å²) in [6.45, 7) is 10.0. The Morgan fingerprint density at radius 1 is 1.05 bits per heavy atom. The minimum atomic E-state index is 0.155. The van der Waals surface area contributed by atoms with E-state index in [1.807, 2.05) is 0 Å². The molecule has 0 atom stereocenters.